The van der Waals surface area contributed by atoms with Crippen molar-refractivity contribution in [3.63, 3.8) is 0 Å². The maximum Gasteiger partial charge on any atom is 0.316 e. The SMILES string of the molecule is CC[C@H](C)c1ccccc1N1C[C@@H](C(=O)Oc2ccc3c(c2)OCO3)CC1=O. The predicted molar refractivity (Wildman–Crippen MR) is 104 cm³/mol. The number of nitrogens with zero attached hydrogens (tertiary/aromatic N) is 1. The fourth-order valence-electron chi connectivity index (χ4n) is 3.61. The van der Waals surface area contributed by atoms with Gasteiger partial charge in [-0.15, -0.1) is 0 Å². The van der Waals surface area contributed by atoms with Gasteiger partial charge in [0, 0.05) is 24.7 Å². The van der Waals surface area contributed by atoms with Crippen molar-refractivity contribution in [2.24, 2.45) is 5.92 Å². The van der Waals surface area contributed by atoms with E-state index in [-0.39, 0.29) is 19.1 Å². The normalized spacial score (nSPS) is 19.0. The minimum absolute atomic E-state index is 0.0524. The number of hydrogen-bond donors (Lipinski definition) is 0. The first-order valence-corrected chi connectivity index (χ1v) is 9.57. The van der Waals surface area contributed by atoms with Gasteiger partial charge in [-0.3, -0.25) is 9.59 Å². The topological polar surface area (TPSA) is 65.1 Å². The molecule has 0 bridgehead atoms. The lowest BCUT2D eigenvalue weighted by atomic mass is 9.96. The first-order valence-electron chi connectivity index (χ1n) is 9.57. The highest BCUT2D eigenvalue weighted by molar-refractivity contribution is 6.00. The Morgan fingerprint density at radius 3 is 2.82 bits per heavy atom. The number of carbonyl (C=O) groups excluding carboxylic acids is 2. The van der Waals surface area contributed by atoms with Crippen LogP contribution >= 0.6 is 0 Å². The van der Waals surface area contributed by atoms with Crippen molar-refractivity contribution in [2.45, 2.75) is 32.6 Å². The van der Waals surface area contributed by atoms with Crippen LogP contribution in [0, 0.1) is 5.92 Å². The van der Waals surface area contributed by atoms with Gasteiger partial charge in [-0.1, -0.05) is 32.0 Å². The quantitative estimate of drug-likeness (QED) is 0.581. The van der Waals surface area contributed by atoms with Crippen LogP contribution in [-0.4, -0.2) is 25.2 Å². The molecule has 1 saturated heterocycles. The Bertz CT molecular complexity index is 910. The van der Waals surface area contributed by atoms with Crippen LogP contribution in [0.1, 0.15) is 38.2 Å². The molecular formula is C22H23NO5. The molecule has 1 fully saturated rings. The molecule has 2 aliphatic rings. The van der Waals surface area contributed by atoms with Gasteiger partial charge in [0.25, 0.3) is 0 Å². The van der Waals surface area contributed by atoms with Crippen LogP contribution in [0.25, 0.3) is 0 Å². The third-order valence-corrected chi connectivity index (χ3v) is 5.39. The maximum absolute atomic E-state index is 12.6. The molecule has 2 aromatic rings. The molecule has 2 atom stereocenters. The van der Waals surface area contributed by atoms with Gasteiger partial charge in [0.05, 0.1) is 5.92 Å². The second kappa shape index (κ2) is 7.54. The Morgan fingerprint density at radius 2 is 2.00 bits per heavy atom. The number of anilines is 1. The van der Waals surface area contributed by atoms with Crippen LogP contribution in [0.3, 0.4) is 0 Å². The summed E-state index contributed by atoms with van der Waals surface area (Å²) in [6.07, 6.45) is 1.13. The monoisotopic (exact) mass is 381 g/mol. The number of fused-ring (bicyclic) bond motifs is 1. The standard InChI is InChI=1S/C22H23NO5/c1-3-14(2)17-6-4-5-7-18(17)23-12-15(10-21(23)24)22(25)28-16-8-9-19-20(11-16)27-13-26-19/h4-9,11,14-15H,3,10,12-13H2,1-2H3/t14-,15-/m0/s1. The van der Waals surface area contributed by atoms with Crippen LogP contribution in [0.5, 0.6) is 17.2 Å². The number of benzene rings is 2. The molecule has 0 saturated carbocycles. The Hall–Kier alpha value is -3.02. The van der Waals surface area contributed by atoms with E-state index in [9.17, 15) is 9.59 Å². The largest absolute Gasteiger partial charge is 0.454 e. The molecule has 1 amide bonds. The second-order valence-corrected chi connectivity index (χ2v) is 7.21. The summed E-state index contributed by atoms with van der Waals surface area (Å²) in [6, 6.07) is 12.9. The van der Waals surface area contributed by atoms with E-state index in [4.69, 9.17) is 14.2 Å². The average molecular weight is 381 g/mol. The molecular weight excluding hydrogens is 358 g/mol. The molecule has 0 N–H and O–H groups in total. The zero-order valence-electron chi connectivity index (χ0n) is 16.0. The number of ether oxygens (including phenoxy) is 3. The van der Waals surface area contributed by atoms with Gasteiger partial charge in [-0.2, -0.15) is 0 Å². The minimum Gasteiger partial charge on any atom is -0.454 e. The summed E-state index contributed by atoms with van der Waals surface area (Å²) in [7, 11) is 0. The number of para-hydroxylation sites is 1. The van der Waals surface area contributed by atoms with Crippen LogP contribution in [0.2, 0.25) is 0 Å². The zero-order chi connectivity index (χ0) is 19.7. The molecule has 2 aromatic carbocycles. The van der Waals surface area contributed by atoms with E-state index < -0.39 is 11.9 Å². The van der Waals surface area contributed by atoms with Crippen molar-refractivity contribution >= 4 is 17.6 Å². The van der Waals surface area contributed by atoms with E-state index >= 15 is 0 Å². The summed E-state index contributed by atoms with van der Waals surface area (Å²) in [5.41, 5.74) is 2.02. The van der Waals surface area contributed by atoms with Crippen LogP contribution < -0.4 is 19.1 Å². The lowest BCUT2D eigenvalue weighted by Crippen LogP contribution is -2.28. The molecule has 0 aromatic heterocycles. The minimum atomic E-state index is -0.497. The van der Waals surface area contributed by atoms with Gasteiger partial charge < -0.3 is 19.1 Å². The highest BCUT2D eigenvalue weighted by Gasteiger charge is 2.37. The Labute approximate surface area is 164 Å². The lowest BCUT2D eigenvalue weighted by Gasteiger charge is -2.23. The number of hydrogen-bond acceptors (Lipinski definition) is 5. The molecule has 0 radical (unpaired) electrons. The smallest absolute Gasteiger partial charge is 0.316 e. The fourth-order valence-corrected chi connectivity index (χ4v) is 3.61. The van der Waals surface area contributed by atoms with Gasteiger partial charge in [0.15, 0.2) is 11.5 Å². The Morgan fingerprint density at radius 1 is 1.21 bits per heavy atom. The van der Waals surface area contributed by atoms with Crippen molar-refractivity contribution < 1.29 is 23.8 Å². The van der Waals surface area contributed by atoms with Gasteiger partial charge in [0.2, 0.25) is 12.7 Å². The molecule has 0 spiro atoms. The van der Waals surface area contributed by atoms with Gasteiger partial charge in [-0.25, -0.2) is 0 Å². The number of esters is 1. The third-order valence-electron chi connectivity index (χ3n) is 5.39. The van der Waals surface area contributed by atoms with Crippen molar-refractivity contribution in [3.8, 4) is 17.2 Å². The maximum atomic E-state index is 12.6. The summed E-state index contributed by atoms with van der Waals surface area (Å²) in [4.78, 5) is 27.0. The van der Waals surface area contributed by atoms with Crippen molar-refractivity contribution in [1.82, 2.24) is 0 Å². The van der Waals surface area contributed by atoms with Crippen LogP contribution in [0.15, 0.2) is 42.5 Å². The number of carbonyl (C=O) groups is 2. The van der Waals surface area contributed by atoms with Gasteiger partial charge in [0.1, 0.15) is 5.75 Å². The molecule has 2 heterocycles. The third kappa shape index (κ3) is 3.42. The fraction of sp³-hybridized carbons (Fsp3) is 0.364. The zero-order valence-corrected chi connectivity index (χ0v) is 16.0. The molecule has 146 valence electrons. The number of amides is 1. The molecule has 4 rings (SSSR count). The van der Waals surface area contributed by atoms with Crippen LogP contribution in [0.4, 0.5) is 5.69 Å². The Balaban J connectivity index is 1.48. The summed E-state index contributed by atoms with van der Waals surface area (Å²) in [5.74, 6) is 0.950. The second-order valence-electron chi connectivity index (χ2n) is 7.21. The Kier molecular flexibility index (Phi) is 4.94. The van der Waals surface area contributed by atoms with Gasteiger partial charge in [-0.05, 0) is 36.1 Å². The first kappa shape index (κ1) is 18.3. The van der Waals surface area contributed by atoms with E-state index in [2.05, 4.69) is 19.9 Å². The summed E-state index contributed by atoms with van der Waals surface area (Å²) >= 11 is 0. The molecule has 6 nitrogen and oxygen atoms in total. The van der Waals surface area contributed by atoms with Crippen molar-refractivity contribution in [2.75, 3.05) is 18.2 Å². The number of rotatable bonds is 5. The van der Waals surface area contributed by atoms with E-state index in [1.807, 2.05) is 18.2 Å². The highest BCUT2D eigenvalue weighted by atomic mass is 16.7. The molecule has 28 heavy (non-hydrogen) atoms. The molecule has 6 heteroatoms. The molecule has 2 aliphatic heterocycles. The van der Waals surface area contributed by atoms with E-state index in [1.165, 1.54) is 0 Å². The van der Waals surface area contributed by atoms with E-state index in [0.29, 0.717) is 29.7 Å². The lowest BCUT2D eigenvalue weighted by molar-refractivity contribution is -0.139. The van der Waals surface area contributed by atoms with Crippen molar-refractivity contribution in [3.05, 3.63) is 48.0 Å². The summed E-state index contributed by atoms with van der Waals surface area (Å²) in [6.45, 7) is 4.76. The van der Waals surface area contributed by atoms with Crippen LogP contribution in [-0.2, 0) is 9.59 Å². The summed E-state index contributed by atoms with van der Waals surface area (Å²) < 4.78 is 16.1. The molecule has 0 unspecified atom stereocenters. The molecule has 0 aliphatic carbocycles. The van der Waals surface area contributed by atoms with Crippen molar-refractivity contribution in [1.29, 1.82) is 0 Å². The summed E-state index contributed by atoms with van der Waals surface area (Å²) in [5, 5.41) is 0. The first-order chi connectivity index (χ1) is 13.6. The average Bonchev–Trinajstić information content (AvgIpc) is 3.33. The predicted octanol–water partition coefficient (Wildman–Crippen LogP) is 3.89. The van der Waals surface area contributed by atoms with E-state index in [0.717, 1.165) is 17.7 Å². The van der Waals surface area contributed by atoms with E-state index in [1.54, 1.807) is 23.1 Å². The van der Waals surface area contributed by atoms with Gasteiger partial charge >= 0.3 is 5.97 Å². The highest BCUT2D eigenvalue weighted by Crippen LogP contribution is 2.36.